The minimum atomic E-state index is -4.15. The SMILES string of the molecule is Cc1ccc(Cl)cc1N1CCN(C(=O)CN(c2ccccc2F)S(=O)(=O)c2ccccc2)CC1. The van der Waals surface area contributed by atoms with E-state index < -0.39 is 22.4 Å². The average molecular weight is 502 g/mol. The van der Waals surface area contributed by atoms with Gasteiger partial charge in [0, 0.05) is 36.9 Å². The van der Waals surface area contributed by atoms with Gasteiger partial charge in [0.05, 0.1) is 10.6 Å². The lowest BCUT2D eigenvalue weighted by Crippen LogP contribution is -2.52. The van der Waals surface area contributed by atoms with Crippen LogP contribution in [0.5, 0.6) is 0 Å². The highest BCUT2D eigenvalue weighted by Gasteiger charge is 2.31. The van der Waals surface area contributed by atoms with Gasteiger partial charge in [-0.1, -0.05) is 48.0 Å². The number of hydrogen-bond donors (Lipinski definition) is 0. The summed E-state index contributed by atoms with van der Waals surface area (Å²) in [5.74, 6) is -1.10. The molecule has 1 fully saturated rings. The van der Waals surface area contributed by atoms with E-state index in [0.717, 1.165) is 15.6 Å². The van der Waals surface area contributed by atoms with Gasteiger partial charge in [-0.15, -0.1) is 0 Å². The molecule has 0 saturated carbocycles. The normalized spacial score (nSPS) is 14.2. The number of piperazine rings is 1. The van der Waals surface area contributed by atoms with Gasteiger partial charge < -0.3 is 9.80 Å². The highest BCUT2D eigenvalue weighted by atomic mass is 35.5. The number of sulfonamides is 1. The second-order valence-electron chi connectivity index (χ2n) is 8.07. The predicted molar refractivity (Wildman–Crippen MR) is 132 cm³/mol. The minimum absolute atomic E-state index is 0.00713. The monoisotopic (exact) mass is 501 g/mol. The standard InChI is InChI=1S/C25H25ClFN3O3S/c1-19-11-12-20(26)17-24(19)28-13-15-29(16-14-28)25(31)18-30(23-10-6-5-9-22(23)27)34(32,33)21-7-3-2-4-8-21/h2-12,17H,13-16,18H2,1H3. The molecule has 3 aromatic rings. The van der Waals surface area contributed by atoms with E-state index in [0.29, 0.717) is 31.2 Å². The van der Waals surface area contributed by atoms with Crippen molar-refractivity contribution >= 4 is 38.9 Å². The van der Waals surface area contributed by atoms with E-state index in [1.54, 1.807) is 29.2 Å². The molecule has 1 saturated heterocycles. The molecule has 178 valence electrons. The van der Waals surface area contributed by atoms with Crippen LogP contribution in [0.4, 0.5) is 15.8 Å². The van der Waals surface area contributed by atoms with Crippen LogP contribution >= 0.6 is 11.6 Å². The van der Waals surface area contributed by atoms with Gasteiger partial charge in [-0.2, -0.15) is 0 Å². The topological polar surface area (TPSA) is 60.9 Å². The molecule has 4 rings (SSSR count). The van der Waals surface area contributed by atoms with Crippen LogP contribution in [0.15, 0.2) is 77.7 Å². The van der Waals surface area contributed by atoms with Crippen molar-refractivity contribution in [3.8, 4) is 0 Å². The molecule has 6 nitrogen and oxygen atoms in total. The Kier molecular flexibility index (Phi) is 7.09. The predicted octanol–water partition coefficient (Wildman–Crippen LogP) is 4.33. The number of carbonyl (C=O) groups is 1. The van der Waals surface area contributed by atoms with Crippen molar-refractivity contribution in [1.82, 2.24) is 4.90 Å². The van der Waals surface area contributed by atoms with Gasteiger partial charge in [-0.3, -0.25) is 9.10 Å². The average Bonchev–Trinajstić information content (AvgIpc) is 2.85. The number of anilines is 2. The molecule has 34 heavy (non-hydrogen) atoms. The highest BCUT2D eigenvalue weighted by molar-refractivity contribution is 7.92. The Bertz CT molecular complexity index is 1280. The fourth-order valence-corrected chi connectivity index (χ4v) is 5.63. The number of nitrogens with zero attached hydrogens (tertiary/aromatic N) is 3. The molecule has 0 radical (unpaired) electrons. The molecule has 3 aromatic carbocycles. The van der Waals surface area contributed by atoms with Gasteiger partial charge in [0.15, 0.2) is 0 Å². The van der Waals surface area contributed by atoms with Crippen LogP contribution in [0.2, 0.25) is 5.02 Å². The Balaban J connectivity index is 1.54. The summed E-state index contributed by atoms with van der Waals surface area (Å²) >= 11 is 6.15. The van der Waals surface area contributed by atoms with Crippen molar-refractivity contribution in [3.63, 3.8) is 0 Å². The van der Waals surface area contributed by atoms with Crippen molar-refractivity contribution in [1.29, 1.82) is 0 Å². The molecular weight excluding hydrogens is 477 g/mol. The lowest BCUT2D eigenvalue weighted by Gasteiger charge is -2.37. The molecule has 1 aliphatic rings. The van der Waals surface area contributed by atoms with Crippen LogP contribution < -0.4 is 9.21 Å². The summed E-state index contributed by atoms with van der Waals surface area (Å²) in [6, 6.07) is 19.0. The van der Waals surface area contributed by atoms with Crippen molar-refractivity contribution in [2.24, 2.45) is 0 Å². The second-order valence-corrected chi connectivity index (χ2v) is 10.4. The van der Waals surface area contributed by atoms with Crippen LogP contribution in [0.3, 0.4) is 0 Å². The van der Waals surface area contributed by atoms with Crippen LogP contribution in [0.1, 0.15) is 5.56 Å². The number of halogens is 2. The number of amides is 1. The molecule has 0 N–H and O–H groups in total. The molecule has 0 aliphatic carbocycles. The Morgan fingerprint density at radius 1 is 0.971 bits per heavy atom. The second kappa shape index (κ2) is 10.0. The number of para-hydroxylation sites is 1. The zero-order valence-electron chi connectivity index (χ0n) is 18.7. The molecule has 1 amide bonds. The maximum atomic E-state index is 14.6. The van der Waals surface area contributed by atoms with E-state index in [-0.39, 0.29) is 16.5 Å². The summed E-state index contributed by atoms with van der Waals surface area (Å²) < 4.78 is 42.2. The third-order valence-corrected chi connectivity index (χ3v) is 7.88. The molecule has 1 aliphatic heterocycles. The lowest BCUT2D eigenvalue weighted by atomic mass is 10.1. The summed E-state index contributed by atoms with van der Waals surface area (Å²) in [5, 5.41) is 0.644. The summed E-state index contributed by atoms with van der Waals surface area (Å²) in [6.07, 6.45) is 0. The van der Waals surface area contributed by atoms with E-state index in [1.807, 2.05) is 25.1 Å². The molecule has 0 bridgehead atoms. The maximum Gasteiger partial charge on any atom is 0.264 e. The van der Waals surface area contributed by atoms with E-state index >= 15 is 0 Å². The maximum absolute atomic E-state index is 14.6. The summed E-state index contributed by atoms with van der Waals surface area (Å²) in [4.78, 5) is 17.0. The fraction of sp³-hybridized carbons (Fsp3) is 0.240. The van der Waals surface area contributed by atoms with Gasteiger partial charge in [-0.05, 0) is 48.9 Å². The Hall–Kier alpha value is -3.10. The molecule has 0 unspecified atom stereocenters. The summed E-state index contributed by atoms with van der Waals surface area (Å²) in [5.41, 5.74) is 1.94. The lowest BCUT2D eigenvalue weighted by molar-refractivity contribution is -0.129. The van der Waals surface area contributed by atoms with Crippen molar-refractivity contribution in [2.45, 2.75) is 11.8 Å². The smallest absolute Gasteiger partial charge is 0.264 e. The van der Waals surface area contributed by atoms with Gasteiger partial charge >= 0.3 is 0 Å². The number of rotatable bonds is 6. The Labute approximate surface area is 204 Å². The van der Waals surface area contributed by atoms with Gasteiger partial charge in [0.2, 0.25) is 5.91 Å². The van der Waals surface area contributed by atoms with E-state index in [2.05, 4.69) is 4.90 Å². The number of hydrogen-bond acceptors (Lipinski definition) is 4. The number of benzene rings is 3. The van der Waals surface area contributed by atoms with Gasteiger partial charge in [0.25, 0.3) is 10.0 Å². The number of aryl methyl sites for hydroxylation is 1. The molecule has 1 heterocycles. The highest BCUT2D eigenvalue weighted by Crippen LogP contribution is 2.28. The first-order chi connectivity index (χ1) is 16.3. The Morgan fingerprint density at radius 2 is 1.62 bits per heavy atom. The quantitative estimate of drug-likeness (QED) is 0.504. The Morgan fingerprint density at radius 3 is 2.29 bits per heavy atom. The van der Waals surface area contributed by atoms with Gasteiger partial charge in [0.1, 0.15) is 12.4 Å². The minimum Gasteiger partial charge on any atom is -0.368 e. The van der Waals surface area contributed by atoms with Crippen molar-refractivity contribution in [3.05, 3.63) is 89.2 Å². The van der Waals surface area contributed by atoms with Crippen LogP contribution in [-0.4, -0.2) is 51.9 Å². The summed E-state index contributed by atoms with van der Waals surface area (Å²) in [7, 11) is -4.15. The first-order valence-corrected chi connectivity index (χ1v) is 12.7. The first-order valence-electron chi connectivity index (χ1n) is 10.9. The molecule has 0 atom stereocenters. The molecule has 9 heteroatoms. The van der Waals surface area contributed by atoms with Crippen LogP contribution in [-0.2, 0) is 14.8 Å². The third-order valence-electron chi connectivity index (χ3n) is 5.88. The van der Waals surface area contributed by atoms with Crippen molar-refractivity contribution < 1.29 is 17.6 Å². The van der Waals surface area contributed by atoms with Crippen LogP contribution in [0.25, 0.3) is 0 Å². The number of carbonyl (C=O) groups excluding carboxylic acids is 1. The molecule has 0 spiro atoms. The first kappa shape index (κ1) is 24.0. The third kappa shape index (κ3) is 5.03. The van der Waals surface area contributed by atoms with Crippen LogP contribution in [0, 0.1) is 12.7 Å². The van der Waals surface area contributed by atoms with E-state index in [1.165, 1.54) is 30.3 Å². The zero-order chi connectivity index (χ0) is 24.3. The molecule has 0 aromatic heterocycles. The zero-order valence-corrected chi connectivity index (χ0v) is 20.3. The summed E-state index contributed by atoms with van der Waals surface area (Å²) in [6.45, 7) is 3.51. The van der Waals surface area contributed by atoms with Gasteiger partial charge in [-0.25, -0.2) is 12.8 Å². The molecular formula is C25H25ClFN3O3S. The van der Waals surface area contributed by atoms with E-state index in [9.17, 15) is 17.6 Å². The van der Waals surface area contributed by atoms with Crippen molar-refractivity contribution in [2.75, 3.05) is 41.9 Å². The van der Waals surface area contributed by atoms with E-state index in [4.69, 9.17) is 11.6 Å². The largest absolute Gasteiger partial charge is 0.368 e. The fourth-order valence-electron chi connectivity index (χ4n) is 4.02.